The van der Waals surface area contributed by atoms with E-state index in [9.17, 15) is 4.79 Å². The van der Waals surface area contributed by atoms with Crippen molar-refractivity contribution in [1.29, 1.82) is 0 Å². The van der Waals surface area contributed by atoms with Gasteiger partial charge in [0.2, 0.25) is 5.91 Å². The van der Waals surface area contributed by atoms with Gasteiger partial charge in [-0.05, 0) is 32.8 Å². The Bertz CT molecular complexity index is 687. The van der Waals surface area contributed by atoms with Crippen LogP contribution in [0.2, 0.25) is 0 Å². The summed E-state index contributed by atoms with van der Waals surface area (Å²) in [5.74, 6) is 0.196. The fraction of sp³-hybridized carbons (Fsp3) is 0.474. The van der Waals surface area contributed by atoms with Crippen molar-refractivity contribution in [3.8, 4) is 0 Å². The fourth-order valence-electron chi connectivity index (χ4n) is 2.95. The molecule has 1 aliphatic heterocycles. The molecule has 1 aliphatic rings. The number of rotatable bonds is 5. The molecule has 0 aliphatic carbocycles. The molecule has 0 radical (unpaired) electrons. The standard InChI is InChI=1S/C19H26N4O/c1-19(2,3)23-14-16(12-21-23)11-20-17-9-10-22(18(17)24)13-15-7-5-4-6-8-15/h4-8,12,14,17,20H,9-11,13H2,1-3H3. The molecule has 1 N–H and O–H groups in total. The summed E-state index contributed by atoms with van der Waals surface area (Å²) in [5.41, 5.74) is 2.27. The number of nitrogens with zero attached hydrogens (tertiary/aromatic N) is 3. The smallest absolute Gasteiger partial charge is 0.240 e. The maximum atomic E-state index is 12.5. The Morgan fingerprint density at radius 1 is 1.21 bits per heavy atom. The highest BCUT2D eigenvalue weighted by atomic mass is 16.2. The van der Waals surface area contributed by atoms with Gasteiger partial charge in [-0.2, -0.15) is 5.10 Å². The van der Waals surface area contributed by atoms with E-state index in [0.29, 0.717) is 13.1 Å². The molecule has 5 nitrogen and oxygen atoms in total. The first kappa shape index (κ1) is 16.7. The van der Waals surface area contributed by atoms with Crippen molar-refractivity contribution in [2.45, 2.75) is 51.9 Å². The summed E-state index contributed by atoms with van der Waals surface area (Å²) < 4.78 is 1.96. The molecule has 1 unspecified atom stereocenters. The highest BCUT2D eigenvalue weighted by Gasteiger charge is 2.31. The van der Waals surface area contributed by atoms with Crippen LogP contribution in [0.15, 0.2) is 42.7 Å². The summed E-state index contributed by atoms with van der Waals surface area (Å²) in [6.45, 7) is 8.55. The van der Waals surface area contributed by atoms with Gasteiger partial charge in [-0.3, -0.25) is 9.48 Å². The molecule has 2 aromatic rings. The average molecular weight is 326 g/mol. The van der Waals surface area contributed by atoms with E-state index < -0.39 is 0 Å². The van der Waals surface area contributed by atoms with Crippen molar-refractivity contribution in [1.82, 2.24) is 20.0 Å². The molecule has 1 amide bonds. The van der Waals surface area contributed by atoms with Crippen LogP contribution in [0.5, 0.6) is 0 Å². The minimum absolute atomic E-state index is 0.0199. The Morgan fingerprint density at radius 3 is 2.62 bits per heavy atom. The first-order valence-corrected chi connectivity index (χ1v) is 8.53. The average Bonchev–Trinajstić information content (AvgIpc) is 3.15. The zero-order valence-electron chi connectivity index (χ0n) is 14.7. The van der Waals surface area contributed by atoms with Gasteiger partial charge in [0, 0.05) is 31.4 Å². The lowest BCUT2D eigenvalue weighted by Crippen LogP contribution is -2.37. The van der Waals surface area contributed by atoms with Crippen LogP contribution in [-0.4, -0.2) is 33.2 Å². The van der Waals surface area contributed by atoms with E-state index in [1.54, 1.807) is 0 Å². The quantitative estimate of drug-likeness (QED) is 0.918. The molecule has 24 heavy (non-hydrogen) atoms. The fourth-order valence-corrected chi connectivity index (χ4v) is 2.95. The Labute approximate surface area is 143 Å². The van der Waals surface area contributed by atoms with Gasteiger partial charge in [0.1, 0.15) is 0 Å². The summed E-state index contributed by atoms with van der Waals surface area (Å²) in [6.07, 6.45) is 4.78. The third-order valence-corrected chi connectivity index (χ3v) is 4.39. The second-order valence-corrected chi connectivity index (χ2v) is 7.43. The van der Waals surface area contributed by atoms with Crippen LogP contribution in [0.1, 0.15) is 38.3 Å². The minimum Gasteiger partial charge on any atom is -0.337 e. The third kappa shape index (κ3) is 3.85. The number of carbonyl (C=O) groups is 1. The lowest BCUT2D eigenvalue weighted by atomic mass is 10.1. The summed E-state index contributed by atoms with van der Waals surface area (Å²) in [6, 6.07) is 10.1. The molecule has 128 valence electrons. The second-order valence-electron chi connectivity index (χ2n) is 7.43. The first-order chi connectivity index (χ1) is 11.4. The third-order valence-electron chi connectivity index (χ3n) is 4.39. The van der Waals surface area contributed by atoms with Gasteiger partial charge in [-0.1, -0.05) is 30.3 Å². The SMILES string of the molecule is CC(C)(C)n1cc(CNC2CCN(Cc3ccccc3)C2=O)cn1. The number of carbonyl (C=O) groups excluding carboxylic acids is 1. The van der Waals surface area contributed by atoms with E-state index in [0.717, 1.165) is 18.5 Å². The van der Waals surface area contributed by atoms with Crippen molar-refractivity contribution >= 4 is 5.91 Å². The normalized spacial score (nSPS) is 18.4. The molecule has 2 heterocycles. The van der Waals surface area contributed by atoms with Gasteiger partial charge >= 0.3 is 0 Å². The number of nitrogens with one attached hydrogen (secondary N) is 1. The monoisotopic (exact) mass is 326 g/mol. The van der Waals surface area contributed by atoms with E-state index >= 15 is 0 Å². The Balaban J connectivity index is 1.53. The highest BCUT2D eigenvalue weighted by molar-refractivity contribution is 5.83. The van der Waals surface area contributed by atoms with E-state index in [4.69, 9.17) is 0 Å². The topological polar surface area (TPSA) is 50.2 Å². The number of benzene rings is 1. The van der Waals surface area contributed by atoms with Crippen LogP contribution in [0.25, 0.3) is 0 Å². The maximum Gasteiger partial charge on any atom is 0.240 e. The molecule has 1 fully saturated rings. The molecule has 5 heteroatoms. The number of hydrogen-bond donors (Lipinski definition) is 1. The van der Waals surface area contributed by atoms with Gasteiger partial charge in [0.05, 0.1) is 17.8 Å². The van der Waals surface area contributed by atoms with E-state index in [1.165, 1.54) is 5.56 Å². The summed E-state index contributed by atoms with van der Waals surface area (Å²) >= 11 is 0. The molecule has 0 bridgehead atoms. The van der Waals surface area contributed by atoms with Gasteiger partial charge < -0.3 is 10.2 Å². The second kappa shape index (κ2) is 6.77. The summed E-state index contributed by atoms with van der Waals surface area (Å²) in [4.78, 5) is 14.5. The minimum atomic E-state index is -0.0910. The molecule has 1 aromatic heterocycles. The highest BCUT2D eigenvalue weighted by Crippen LogP contribution is 2.17. The zero-order chi connectivity index (χ0) is 17.2. The van der Waals surface area contributed by atoms with Crippen molar-refractivity contribution < 1.29 is 4.79 Å². The lowest BCUT2D eigenvalue weighted by molar-refractivity contribution is -0.129. The van der Waals surface area contributed by atoms with E-state index in [-0.39, 0.29) is 17.5 Å². The van der Waals surface area contributed by atoms with Crippen molar-refractivity contribution in [3.05, 3.63) is 53.9 Å². The Morgan fingerprint density at radius 2 is 1.96 bits per heavy atom. The van der Waals surface area contributed by atoms with E-state index in [2.05, 4.69) is 43.3 Å². The number of aromatic nitrogens is 2. The van der Waals surface area contributed by atoms with Crippen LogP contribution in [0.3, 0.4) is 0 Å². The Kier molecular flexibility index (Phi) is 4.71. The van der Waals surface area contributed by atoms with Crippen LogP contribution in [-0.2, 0) is 23.4 Å². The van der Waals surface area contributed by atoms with Gasteiger partial charge in [0.15, 0.2) is 0 Å². The molecule has 1 atom stereocenters. The number of likely N-dealkylation sites (tertiary alicyclic amines) is 1. The van der Waals surface area contributed by atoms with Crippen LogP contribution >= 0.6 is 0 Å². The predicted molar refractivity (Wildman–Crippen MR) is 94.3 cm³/mol. The largest absolute Gasteiger partial charge is 0.337 e. The van der Waals surface area contributed by atoms with Crippen LogP contribution in [0, 0.1) is 0 Å². The maximum absolute atomic E-state index is 12.5. The van der Waals surface area contributed by atoms with Gasteiger partial charge in [-0.15, -0.1) is 0 Å². The number of hydrogen-bond acceptors (Lipinski definition) is 3. The molecular formula is C19H26N4O. The lowest BCUT2D eigenvalue weighted by Gasteiger charge is -2.19. The summed E-state index contributed by atoms with van der Waals surface area (Å²) in [7, 11) is 0. The van der Waals surface area contributed by atoms with Crippen LogP contribution < -0.4 is 5.32 Å². The summed E-state index contributed by atoms with van der Waals surface area (Å²) in [5, 5.41) is 7.79. The zero-order valence-corrected chi connectivity index (χ0v) is 14.7. The van der Waals surface area contributed by atoms with E-state index in [1.807, 2.05) is 40.2 Å². The molecule has 1 aromatic carbocycles. The van der Waals surface area contributed by atoms with Crippen molar-refractivity contribution in [2.75, 3.05) is 6.54 Å². The van der Waals surface area contributed by atoms with Crippen molar-refractivity contribution in [2.24, 2.45) is 0 Å². The molecule has 3 rings (SSSR count). The molecular weight excluding hydrogens is 300 g/mol. The molecule has 0 saturated carbocycles. The van der Waals surface area contributed by atoms with Crippen LogP contribution in [0.4, 0.5) is 0 Å². The molecule has 1 saturated heterocycles. The Hall–Kier alpha value is -2.14. The van der Waals surface area contributed by atoms with Gasteiger partial charge in [0.25, 0.3) is 0 Å². The van der Waals surface area contributed by atoms with Gasteiger partial charge in [-0.25, -0.2) is 0 Å². The predicted octanol–water partition coefficient (Wildman–Crippen LogP) is 2.53. The first-order valence-electron chi connectivity index (χ1n) is 8.53. The number of amides is 1. The van der Waals surface area contributed by atoms with Crippen molar-refractivity contribution in [3.63, 3.8) is 0 Å². The molecule has 0 spiro atoms.